The first kappa shape index (κ1) is 17.4. The zero-order valence-electron chi connectivity index (χ0n) is 15.0. The van der Waals surface area contributed by atoms with Crippen LogP contribution in [0, 0.1) is 17.3 Å². The molecule has 0 amide bonds. The van der Waals surface area contributed by atoms with Crippen molar-refractivity contribution in [1.82, 2.24) is 0 Å². The Hall–Kier alpha value is 0. The highest BCUT2D eigenvalue weighted by Crippen LogP contribution is 2.42. The Bertz CT molecular complexity index is 227. The van der Waals surface area contributed by atoms with Gasteiger partial charge in [0.2, 0.25) is 0 Å². The molecule has 0 heterocycles. The van der Waals surface area contributed by atoms with Gasteiger partial charge >= 0.3 is 0 Å². The smallest absolute Gasteiger partial charge is 0.0302 e. The molecule has 2 saturated carbocycles. The molecule has 0 aromatic rings. The standard InChI is InChI=1S/C21H40/c1-3-21(4-2,17-15-19-11-7-5-8-12-19)18-16-20-13-9-6-10-14-20/h19-20H,3-18H2,1-2H3. The molecule has 0 aliphatic heterocycles. The lowest BCUT2D eigenvalue weighted by Crippen LogP contribution is -2.22. The Morgan fingerprint density at radius 2 is 1.00 bits per heavy atom. The molecule has 0 spiro atoms. The fourth-order valence-electron chi connectivity index (χ4n) is 5.05. The molecule has 0 unspecified atom stereocenters. The Morgan fingerprint density at radius 1 is 0.619 bits per heavy atom. The molecule has 0 saturated heterocycles. The van der Waals surface area contributed by atoms with Crippen molar-refractivity contribution in [3.8, 4) is 0 Å². The van der Waals surface area contributed by atoms with E-state index < -0.39 is 0 Å². The van der Waals surface area contributed by atoms with Crippen molar-refractivity contribution >= 4 is 0 Å². The van der Waals surface area contributed by atoms with Crippen LogP contribution in [-0.4, -0.2) is 0 Å². The fraction of sp³-hybridized carbons (Fsp3) is 1.00. The largest absolute Gasteiger partial charge is 0.0649 e. The molecule has 0 bridgehead atoms. The van der Waals surface area contributed by atoms with E-state index in [0.29, 0.717) is 5.41 Å². The van der Waals surface area contributed by atoms with Gasteiger partial charge in [0.05, 0.1) is 0 Å². The summed E-state index contributed by atoms with van der Waals surface area (Å²) in [5, 5.41) is 0. The predicted molar refractivity (Wildman–Crippen MR) is 94.6 cm³/mol. The van der Waals surface area contributed by atoms with E-state index in [-0.39, 0.29) is 0 Å². The van der Waals surface area contributed by atoms with Crippen LogP contribution in [0.2, 0.25) is 0 Å². The zero-order chi connectivity index (χ0) is 15.0. The maximum atomic E-state index is 2.46. The fourth-order valence-corrected chi connectivity index (χ4v) is 5.05. The predicted octanol–water partition coefficient (Wildman–Crippen LogP) is 7.51. The topological polar surface area (TPSA) is 0 Å². The average Bonchev–Trinajstić information content (AvgIpc) is 2.58. The summed E-state index contributed by atoms with van der Waals surface area (Å²) in [6.45, 7) is 4.93. The molecule has 0 N–H and O–H groups in total. The second kappa shape index (κ2) is 9.21. The van der Waals surface area contributed by atoms with Gasteiger partial charge in [0, 0.05) is 0 Å². The molecule has 21 heavy (non-hydrogen) atoms. The quantitative estimate of drug-likeness (QED) is 0.434. The van der Waals surface area contributed by atoms with Gasteiger partial charge in [0.1, 0.15) is 0 Å². The van der Waals surface area contributed by atoms with Gasteiger partial charge in [-0.15, -0.1) is 0 Å². The zero-order valence-corrected chi connectivity index (χ0v) is 15.0. The van der Waals surface area contributed by atoms with Gasteiger partial charge in [-0.2, -0.15) is 0 Å². The van der Waals surface area contributed by atoms with Gasteiger partial charge < -0.3 is 0 Å². The van der Waals surface area contributed by atoms with Gasteiger partial charge in [-0.3, -0.25) is 0 Å². The molecular weight excluding hydrogens is 252 g/mol. The molecule has 0 nitrogen and oxygen atoms in total. The van der Waals surface area contributed by atoms with Crippen LogP contribution in [0.1, 0.15) is 117 Å². The van der Waals surface area contributed by atoms with Gasteiger partial charge in [0.15, 0.2) is 0 Å². The van der Waals surface area contributed by atoms with E-state index >= 15 is 0 Å². The lowest BCUT2D eigenvalue weighted by atomic mass is 9.70. The first-order valence-corrected chi connectivity index (χ1v) is 10.3. The average molecular weight is 293 g/mol. The van der Waals surface area contributed by atoms with E-state index in [4.69, 9.17) is 0 Å². The molecule has 2 fully saturated rings. The number of hydrogen-bond donors (Lipinski definition) is 0. The van der Waals surface area contributed by atoms with Crippen molar-refractivity contribution in [3.63, 3.8) is 0 Å². The second-order valence-corrected chi connectivity index (χ2v) is 8.29. The number of hydrogen-bond acceptors (Lipinski definition) is 0. The molecule has 0 atom stereocenters. The highest BCUT2D eigenvalue weighted by Gasteiger charge is 2.28. The SMILES string of the molecule is CCC(CC)(CCC1CCCCC1)CCC1CCCCC1. The molecule has 0 radical (unpaired) electrons. The van der Waals surface area contributed by atoms with Crippen LogP contribution in [-0.2, 0) is 0 Å². The van der Waals surface area contributed by atoms with Crippen molar-refractivity contribution in [2.24, 2.45) is 17.3 Å². The van der Waals surface area contributed by atoms with E-state index in [9.17, 15) is 0 Å². The maximum Gasteiger partial charge on any atom is -0.0302 e. The Kier molecular flexibility index (Phi) is 7.61. The van der Waals surface area contributed by atoms with Gasteiger partial charge in [0.25, 0.3) is 0 Å². The third kappa shape index (κ3) is 5.61. The van der Waals surface area contributed by atoms with Crippen LogP contribution in [0.25, 0.3) is 0 Å². The number of rotatable bonds is 8. The summed E-state index contributed by atoms with van der Waals surface area (Å²) in [6.07, 6.45) is 24.2. The van der Waals surface area contributed by atoms with Gasteiger partial charge in [-0.25, -0.2) is 0 Å². The Balaban J connectivity index is 1.76. The van der Waals surface area contributed by atoms with Crippen molar-refractivity contribution < 1.29 is 0 Å². The van der Waals surface area contributed by atoms with E-state index in [1.165, 1.54) is 103 Å². The van der Waals surface area contributed by atoms with Crippen molar-refractivity contribution in [2.45, 2.75) is 117 Å². The van der Waals surface area contributed by atoms with E-state index in [1.807, 2.05) is 0 Å². The van der Waals surface area contributed by atoms with Gasteiger partial charge in [-0.05, 0) is 42.9 Å². The van der Waals surface area contributed by atoms with E-state index in [2.05, 4.69) is 13.8 Å². The van der Waals surface area contributed by atoms with Crippen LogP contribution < -0.4 is 0 Å². The first-order valence-electron chi connectivity index (χ1n) is 10.3. The first-order chi connectivity index (χ1) is 10.3. The van der Waals surface area contributed by atoms with Crippen LogP contribution in [0.5, 0.6) is 0 Å². The second-order valence-electron chi connectivity index (χ2n) is 8.29. The maximum absolute atomic E-state index is 2.46. The molecular formula is C21H40. The summed E-state index contributed by atoms with van der Waals surface area (Å²) in [6, 6.07) is 0. The summed E-state index contributed by atoms with van der Waals surface area (Å²) < 4.78 is 0. The minimum absolute atomic E-state index is 0.689. The minimum Gasteiger partial charge on any atom is -0.0649 e. The monoisotopic (exact) mass is 292 g/mol. The normalized spacial score (nSPS) is 22.6. The summed E-state index contributed by atoms with van der Waals surface area (Å²) in [5.41, 5.74) is 0.689. The molecule has 2 aliphatic carbocycles. The van der Waals surface area contributed by atoms with Crippen molar-refractivity contribution in [3.05, 3.63) is 0 Å². The molecule has 2 rings (SSSR count). The van der Waals surface area contributed by atoms with Crippen LogP contribution in [0.4, 0.5) is 0 Å². The lowest BCUT2D eigenvalue weighted by Gasteiger charge is -2.36. The summed E-state index contributed by atoms with van der Waals surface area (Å²) in [5.74, 6) is 2.15. The van der Waals surface area contributed by atoms with Crippen LogP contribution in [0.15, 0.2) is 0 Å². The molecule has 0 heteroatoms. The minimum atomic E-state index is 0.689. The van der Waals surface area contributed by atoms with Crippen LogP contribution in [0.3, 0.4) is 0 Å². The van der Waals surface area contributed by atoms with Gasteiger partial charge in [-0.1, -0.05) is 90.9 Å². The summed E-state index contributed by atoms with van der Waals surface area (Å²) in [7, 11) is 0. The summed E-state index contributed by atoms with van der Waals surface area (Å²) >= 11 is 0. The summed E-state index contributed by atoms with van der Waals surface area (Å²) in [4.78, 5) is 0. The van der Waals surface area contributed by atoms with Crippen LogP contribution >= 0.6 is 0 Å². The molecule has 0 aromatic carbocycles. The third-order valence-electron chi connectivity index (χ3n) is 7.12. The van der Waals surface area contributed by atoms with Crippen molar-refractivity contribution in [2.75, 3.05) is 0 Å². The molecule has 2 aliphatic rings. The van der Waals surface area contributed by atoms with E-state index in [1.54, 1.807) is 0 Å². The highest BCUT2D eigenvalue weighted by molar-refractivity contribution is 4.81. The lowest BCUT2D eigenvalue weighted by molar-refractivity contribution is 0.163. The molecule has 0 aromatic heterocycles. The third-order valence-corrected chi connectivity index (χ3v) is 7.12. The van der Waals surface area contributed by atoms with Crippen molar-refractivity contribution in [1.29, 1.82) is 0 Å². The Morgan fingerprint density at radius 3 is 1.33 bits per heavy atom. The molecule has 124 valence electrons. The highest BCUT2D eigenvalue weighted by atomic mass is 14.3. The van der Waals surface area contributed by atoms with E-state index in [0.717, 1.165) is 11.8 Å². The Labute approximate surface area is 134 Å².